The number of rotatable bonds is 12. The summed E-state index contributed by atoms with van der Waals surface area (Å²) in [5.41, 5.74) is 1.57. The van der Waals surface area contributed by atoms with Gasteiger partial charge >= 0.3 is 0 Å². The lowest BCUT2D eigenvalue weighted by atomic mass is 10.1. The van der Waals surface area contributed by atoms with E-state index < -0.39 is 0 Å². The smallest absolute Gasteiger partial charge is 0.251 e. The van der Waals surface area contributed by atoms with Crippen molar-refractivity contribution in [1.82, 2.24) is 16.0 Å². The summed E-state index contributed by atoms with van der Waals surface area (Å²) >= 11 is 0. The minimum absolute atomic E-state index is 0.138. The molecule has 1 fully saturated rings. The first-order valence-corrected chi connectivity index (χ1v) is 11.3. The SMILES string of the molecule is CCNC(=NCc1cccc(C(=O)NCc2ccco2)c1)NCCCOCC1CCOC1. The number of nitrogens with zero attached hydrogens (tertiary/aromatic N) is 1. The van der Waals surface area contributed by atoms with Gasteiger partial charge in [0, 0.05) is 37.8 Å². The lowest BCUT2D eigenvalue weighted by Crippen LogP contribution is -2.38. The fourth-order valence-corrected chi connectivity index (χ4v) is 3.35. The van der Waals surface area contributed by atoms with Crippen molar-refractivity contribution in [3.8, 4) is 0 Å². The van der Waals surface area contributed by atoms with Crippen LogP contribution in [0.2, 0.25) is 0 Å². The molecule has 0 bridgehead atoms. The van der Waals surface area contributed by atoms with Crippen LogP contribution in [0.25, 0.3) is 0 Å². The van der Waals surface area contributed by atoms with Gasteiger partial charge in [-0.1, -0.05) is 12.1 Å². The summed E-state index contributed by atoms with van der Waals surface area (Å²) in [5.74, 6) is 1.88. The Hall–Kier alpha value is -2.84. The van der Waals surface area contributed by atoms with E-state index in [1.165, 1.54) is 0 Å². The lowest BCUT2D eigenvalue weighted by Gasteiger charge is -2.12. The number of carbonyl (C=O) groups excluding carboxylic acids is 1. The standard InChI is InChI=1S/C24H34N4O4/c1-2-25-24(26-10-5-11-30-17-20-9-13-31-18-20)28-15-19-6-3-7-21(14-19)23(29)27-16-22-8-4-12-32-22/h3-4,6-8,12,14,20H,2,5,9-11,13,15-18H2,1H3,(H,27,29)(H2,25,26,28). The van der Waals surface area contributed by atoms with Crippen LogP contribution in [-0.4, -0.2) is 51.4 Å². The Labute approximate surface area is 189 Å². The lowest BCUT2D eigenvalue weighted by molar-refractivity contribution is 0.0888. The van der Waals surface area contributed by atoms with Crippen molar-refractivity contribution in [3.63, 3.8) is 0 Å². The van der Waals surface area contributed by atoms with Gasteiger partial charge in [-0.15, -0.1) is 0 Å². The molecule has 1 aromatic heterocycles. The molecule has 1 aromatic carbocycles. The van der Waals surface area contributed by atoms with Crippen molar-refractivity contribution in [2.24, 2.45) is 10.9 Å². The third kappa shape index (κ3) is 8.36. The quantitative estimate of drug-likeness (QED) is 0.266. The number of ether oxygens (including phenoxy) is 2. The Morgan fingerprint density at radius 1 is 1.22 bits per heavy atom. The predicted octanol–water partition coefficient (Wildman–Crippen LogP) is 2.71. The zero-order valence-electron chi connectivity index (χ0n) is 18.8. The minimum Gasteiger partial charge on any atom is -0.467 e. The van der Waals surface area contributed by atoms with Crippen LogP contribution in [0.15, 0.2) is 52.1 Å². The molecular formula is C24H34N4O4. The Morgan fingerprint density at radius 2 is 2.16 bits per heavy atom. The average Bonchev–Trinajstić information content (AvgIpc) is 3.52. The van der Waals surface area contributed by atoms with E-state index in [1.54, 1.807) is 18.4 Å². The van der Waals surface area contributed by atoms with Crippen LogP contribution in [0.4, 0.5) is 0 Å². The van der Waals surface area contributed by atoms with Crippen LogP contribution in [0, 0.1) is 5.92 Å². The summed E-state index contributed by atoms with van der Waals surface area (Å²) in [4.78, 5) is 17.1. The summed E-state index contributed by atoms with van der Waals surface area (Å²) < 4.78 is 16.4. The topological polar surface area (TPSA) is 97.1 Å². The van der Waals surface area contributed by atoms with Crippen LogP contribution < -0.4 is 16.0 Å². The van der Waals surface area contributed by atoms with Crippen molar-refractivity contribution in [1.29, 1.82) is 0 Å². The van der Waals surface area contributed by atoms with Crippen molar-refractivity contribution < 1.29 is 18.7 Å². The molecule has 32 heavy (non-hydrogen) atoms. The van der Waals surface area contributed by atoms with Gasteiger partial charge in [0.05, 0.1) is 32.6 Å². The van der Waals surface area contributed by atoms with E-state index in [4.69, 9.17) is 13.9 Å². The molecular weight excluding hydrogens is 408 g/mol. The first-order valence-electron chi connectivity index (χ1n) is 11.3. The van der Waals surface area contributed by atoms with Crippen LogP contribution in [0.3, 0.4) is 0 Å². The first kappa shape index (κ1) is 23.8. The van der Waals surface area contributed by atoms with Gasteiger partial charge in [-0.05, 0) is 49.6 Å². The highest BCUT2D eigenvalue weighted by atomic mass is 16.5. The fourth-order valence-electron chi connectivity index (χ4n) is 3.35. The average molecular weight is 443 g/mol. The van der Waals surface area contributed by atoms with Gasteiger partial charge in [-0.2, -0.15) is 0 Å². The normalized spacial score (nSPS) is 16.2. The molecule has 1 unspecified atom stereocenters. The summed E-state index contributed by atoms with van der Waals surface area (Å²) in [6, 6.07) is 11.1. The number of amides is 1. The Balaban J connectivity index is 1.41. The molecule has 1 aliphatic rings. The number of furan rings is 1. The minimum atomic E-state index is -0.138. The zero-order valence-corrected chi connectivity index (χ0v) is 18.8. The maximum atomic E-state index is 12.4. The van der Waals surface area contributed by atoms with Crippen LogP contribution in [0.1, 0.15) is 41.4 Å². The molecule has 2 heterocycles. The predicted molar refractivity (Wildman–Crippen MR) is 124 cm³/mol. The first-order chi connectivity index (χ1) is 15.7. The molecule has 0 saturated carbocycles. The fraction of sp³-hybridized carbons (Fsp3) is 0.500. The monoisotopic (exact) mass is 442 g/mol. The number of carbonyl (C=O) groups is 1. The van der Waals surface area contributed by atoms with E-state index in [0.29, 0.717) is 24.6 Å². The number of benzene rings is 1. The third-order valence-electron chi connectivity index (χ3n) is 5.09. The largest absolute Gasteiger partial charge is 0.467 e. The second-order valence-electron chi connectivity index (χ2n) is 7.74. The van der Waals surface area contributed by atoms with E-state index in [-0.39, 0.29) is 5.91 Å². The van der Waals surface area contributed by atoms with Gasteiger partial charge in [0.2, 0.25) is 0 Å². The highest BCUT2D eigenvalue weighted by molar-refractivity contribution is 5.94. The van der Waals surface area contributed by atoms with E-state index in [2.05, 4.69) is 20.9 Å². The molecule has 0 spiro atoms. The zero-order chi connectivity index (χ0) is 22.4. The molecule has 2 aromatic rings. The summed E-state index contributed by atoms with van der Waals surface area (Å²) in [6.07, 6.45) is 3.60. The molecule has 3 rings (SSSR count). The van der Waals surface area contributed by atoms with Crippen molar-refractivity contribution in [2.75, 3.05) is 39.5 Å². The van der Waals surface area contributed by atoms with Gasteiger partial charge in [0.25, 0.3) is 5.91 Å². The van der Waals surface area contributed by atoms with Crippen LogP contribution in [-0.2, 0) is 22.6 Å². The second-order valence-corrected chi connectivity index (χ2v) is 7.74. The molecule has 1 saturated heterocycles. The molecule has 0 radical (unpaired) electrons. The number of nitrogens with one attached hydrogen (secondary N) is 3. The maximum absolute atomic E-state index is 12.4. The van der Waals surface area contributed by atoms with E-state index in [1.807, 2.05) is 31.2 Å². The molecule has 8 heteroatoms. The van der Waals surface area contributed by atoms with Crippen molar-refractivity contribution in [2.45, 2.75) is 32.9 Å². The van der Waals surface area contributed by atoms with E-state index in [0.717, 1.165) is 69.6 Å². The number of guanidine groups is 1. The van der Waals surface area contributed by atoms with Crippen LogP contribution in [0.5, 0.6) is 0 Å². The maximum Gasteiger partial charge on any atom is 0.251 e. The van der Waals surface area contributed by atoms with E-state index >= 15 is 0 Å². The van der Waals surface area contributed by atoms with Crippen molar-refractivity contribution in [3.05, 3.63) is 59.5 Å². The summed E-state index contributed by atoms with van der Waals surface area (Å²) in [7, 11) is 0. The van der Waals surface area contributed by atoms with E-state index in [9.17, 15) is 4.79 Å². The highest BCUT2D eigenvalue weighted by Crippen LogP contribution is 2.12. The van der Waals surface area contributed by atoms with Crippen molar-refractivity contribution >= 4 is 11.9 Å². The van der Waals surface area contributed by atoms with Gasteiger partial charge in [0.15, 0.2) is 5.96 Å². The Bertz CT molecular complexity index is 832. The molecule has 8 nitrogen and oxygen atoms in total. The third-order valence-corrected chi connectivity index (χ3v) is 5.09. The van der Waals surface area contributed by atoms with Gasteiger partial charge in [0.1, 0.15) is 5.76 Å². The van der Waals surface area contributed by atoms with Gasteiger partial charge < -0.3 is 29.8 Å². The number of hydrogen-bond acceptors (Lipinski definition) is 5. The molecule has 3 N–H and O–H groups in total. The number of hydrogen-bond donors (Lipinski definition) is 3. The second kappa shape index (κ2) is 13.5. The molecule has 1 atom stereocenters. The highest BCUT2D eigenvalue weighted by Gasteiger charge is 2.15. The molecule has 1 aliphatic heterocycles. The number of aliphatic imine (C=N–C) groups is 1. The Kier molecular flexibility index (Phi) is 10.1. The summed E-state index contributed by atoms with van der Waals surface area (Å²) in [6.45, 7) is 7.61. The van der Waals surface area contributed by atoms with Crippen LogP contribution >= 0.6 is 0 Å². The molecule has 174 valence electrons. The van der Waals surface area contributed by atoms with Gasteiger partial charge in [-0.3, -0.25) is 4.79 Å². The van der Waals surface area contributed by atoms with Gasteiger partial charge in [-0.25, -0.2) is 4.99 Å². The molecule has 1 amide bonds. The Morgan fingerprint density at radius 3 is 2.94 bits per heavy atom. The summed E-state index contributed by atoms with van der Waals surface area (Å²) in [5, 5.41) is 9.45. The molecule has 0 aliphatic carbocycles.